The molecule has 0 heterocycles. The highest BCUT2D eigenvalue weighted by atomic mass is 16.3. The van der Waals surface area contributed by atoms with Crippen LogP contribution in [0.3, 0.4) is 0 Å². The van der Waals surface area contributed by atoms with Crippen LogP contribution in [0.1, 0.15) is 17.0 Å². The Kier molecular flexibility index (Phi) is 3.55. The average Bonchev–Trinajstić information content (AvgIpc) is 2.41. The predicted octanol–water partition coefficient (Wildman–Crippen LogP) is 2.21. The lowest BCUT2D eigenvalue weighted by molar-refractivity contribution is -0.219. The molecule has 0 aromatic heterocycles. The molecule has 0 amide bonds. The van der Waals surface area contributed by atoms with E-state index in [0.29, 0.717) is 0 Å². The third-order valence-electron chi connectivity index (χ3n) is 2.73. The van der Waals surface area contributed by atoms with Crippen LogP contribution in [0.25, 0.3) is 0 Å². The number of benzene rings is 2. The van der Waals surface area contributed by atoms with E-state index in [2.05, 4.69) is 4.99 Å². The van der Waals surface area contributed by atoms with Crippen molar-refractivity contribution in [1.82, 2.24) is 0 Å². The van der Waals surface area contributed by atoms with Crippen molar-refractivity contribution >= 4 is 5.90 Å². The molecule has 0 spiro atoms. The van der Waals surface area contributed by atoms with Gasteiger partial charge in [-0.2, -0.15) is 0 Å². The zero-order chi connectivity index (χ0) is 12.1. The summed E-state index contributed by atoms with van der Waals surface area (Å²) in [5.74, 6) is -0.398. The minimum Gasteiger partial charge on any atom is -0.861 e. The predicted molar refractivity (Wildman–Crippen MR) is 68.1 cm³/mol. The molecular formula is C15H14NO-. The summed E-state index contributed by atoms with van der Waals surface area (Å²) in [6.07, 6.45) is 0. The van der Waals surface area contributed by atoms with Crippen molar-refractivity contribution in [2.75, 3.05) is 7.05 Å². The molecule has 0 saturated carbocycles. The van der Waals surface area contributed by atoms with E-state index in [1.165, 1.54) is 0 Å². The highest BCUT2D eigenvalue weighted by Crippen LogP contribution is 2.24. The van der Waals surface area contributed by atoms with Crippen LogP contribution in [0, 0.1) is 0 Å². The van der Waals surface area contributed by atoms with Gasteiger partial charge in [-0.05, 0) is 17.0 Å². The molecular weight excluding hydrogens is 210 g/mol. The van der Waals surface area contributed by atoms with Crippen molar-refractivity contribution in [3.8, 4) is 0 Å². The zero-order valence-corrected chi connectivity index (χ0v) is 9.71. The molecule has 0 radical (unpaired) electrons. The quantitative estimate of drug-likeness (QED) is 0.581. The van der Waals surface area contributed by atoms with Gasteiger partial charge in [-0.25, -0.2) is 0 Å². The topological polar surface area (TPSA) is 35.4 Å². The van der Waals surface area contributed by atoms with Crippen LogP contribution < -0.4 is 5.11 Å². The van der Waals surface area contributed by atoms with Gasteiger partial charge in [-0.3, -0.25) is 0 Å². The zero-order valence-electron chi connectivity index (χ0n) is 9.71. The van der Waals surface area contributed by atoms with E-state index in [1.54, 1.807) is 7.05 Å². The second-order valence-electron chi connectivity index (χ2n) is 3.82. The fraction of sp³-hybridized carbons (Fsp3) is 0.133. The summed E-state index contributed by atoms with van der Waals surface area (Å²) in [5.41, 5.74) is 1.96. The van der Waals surface area contributed by atoms with Gasteiger partial charge in [0.2, 0.25) is 0 Å². The molecule has 2 aromatic carbocycles. The van der Waals surface area contributed by atoms with Crippen LogP contribution in [0.15, 0.2) is 65.7 Å². The Labute approximate surface area is 101 Å². The molecule has 0 aliphatic heterocycles. The molecule has 0 aliphatic rings. The maximum absolute atomic E-state index is 11.9. The third-order valence-corrected chi connectivity index (χ3v) is 2.73. The Hall–Kier alpha value is -2.09. The lowest BCUT2D eigenvalue weighted by atomic mass is 9.91. The van der Waals surface area contributed by atoms with Crippen molar-refractivity contribution < 1.29 is 5.11 Å². The first kappa shape index (κ1) is 11.4. The smallest absolute Gasteiger partial charge is 0.0367 e. The summed E-state index contributed by atoms with van der Waals surface area (Å²) in [4.78, 5) is 3.80. The molecule has 2 nitrogen and oxygen atoms in total. The summed E-state index contributed by atoms with van der Waals surface area (Å²) in [6, 6.07) is 19.5. The minimum absolute atomic E-state index is 0.109. The first-order valence-corrected chi connectivity index (χ1v) is 5.56. The maximum Gasteiger partial charge on any atom is 0.0367 e. The molecule has 0 fully saturated rings. The van der Waals surface area contributed by atoms with Gasteiger partial charge in [-0.15, -0.1) is 0 Å². The second kappa shape index (κ2) is 5.30. The van der Waals surface area contributed by atoms with Gasteiger partial charge in [-0.1, -0.05) is 60.7 Å². The molecule has 2 rings (SSSR count). The first-order valence-electron chi connectivity index (χ1n) is 5.56. The van der Waals surface area contributed by atoms with Gasteiger partial charge in [0.15, 0.2) is 0 Å². The average molecular weight is 224 g/mol. The molecule has 0 atom stereocenters. The maximum atomic E-state index is 11.9. The summed E-state index contributed by atoms with van der Waals surface area (Å²) in [6.45, 7) is 0. The van der Waals surface area contributed by atoms with Crippen LogP contribution in [-0.4, -0.2) is 12.9 Å². The van der Waals surface area contributed by atoms with Crippen molar-refractivity contribution in [3.05, 3.63) is 71.8 Å². The van der Waals surface area contributed by atoms with Crippen LogP contribution in [0.4, 0.5) is 0 Å². The van der Waals surface area contributed by atoms with Gasteiger partial charge in [0.25, 0.3) is 0 Å². The normalized spacial score (nSPS) is 11.8. The van der Waals surface area contributed by atoms with E-state index in [0.717, 1.165) is 11.1 Å². The van der Waals surface area contributed by atoms with E-state index in [1.807, 2.05) is 60.7 Å². The third kappa shape index (κ3) is 2.53. The van der Waals surface area contributed by atoms with Crippen molar-refractivity contribution in [3.63, 3.8) is 0 Å². The summed E-state index contributed by atoms with van der Waals surface area (Å²) in [5, 5.41) is 11.9. The van der Waals surface area contributed by atoms with E-state index in [4.69, 9.17) is 0 Å². The number of hydrogen-bond acceptors (Lipinski definition) is 2. The van der Waals surface area contributed by atoms with E-state index in [9.17, 15) is 5.11 Å². The fourth-order valence-corrected chi connectivity index (χ4v) is 1.90. The Bertz CT molecular complexity index is 451. The standard InChI is InChI=1S/C15H15NO/c1-16-15(17)14(12-8-4-2-5-9-12)13-10-6-3-7-11-13/h2-11,14H,1H3,(H,16,17)/p-1. The highest BCUT2D eigenvalue weighted by molar-refractivity contribution is 5.83. The minimum atomic E-state index is -0.289. The molecule has 2 heteroatoms. The van der Waals surface area contributed by atoms with E-state index < -0.39 is 0 Å². The molecule has 0 saturated heterocycles. The highest BCUT2D eigenvalue weighted by Gasteiger charge is 2.13. The first-order chi connectivity index (χ1) is 8.33. The van der Waals surface area contributed by atoms with Crippen molar-refractivity contribution in [2.24, 2.45) is 4.99 Å². The van der Waals surface area contributed by atoms with Gasteiger partial charge >= 0.3 is 0 Å². The van der Waals surface area contributed by atoms with Crippen LogP contribution >= 0.6 is 0 Å². The molecule has 17 heavy (non-hydrogen) atoms. The largest absolute Gasteiger partial charge is 0.861 e. The molecule has 86 valence electrons. The number of nitrogens with zero attached hydrogens (tertiary/aromatic N) is 1. The van der Waals surface area contributed by atoms with Gasteiger partial charge in [0, 0.05) is 13.0 Å². The van der Waals surface area contributed by atoms with Crippen LogP contribution in [-0.2, 0) is 0 Å². The Balaban J connectivity index is 2.47. The Morgan fingerprint density at radius 2 is 1.29 bits per heavy atom. The van der Waals surface area contributed by atoms with Crippen LogP contribution in [0.2, 0.25) is 0 Å². The Morgan fingerprint density at radius 1 is 0.882 bits per heavy atom. The van der Waals surface area contributed by atoms with Gasteiger partial charge in [0.1, 0.15) is 0 Å². The Morgan fingerprint density at radius 3 is 1.65 bits per heavy atom. The van der Waals surface area contributed by atoms with Crippen LogP contribution in [0.5, 0.6) is 0 Å². The van der Waals surface area contributed by atoms with Gasteiger partial charge in [0.05, 0.1) is 0 Å². The molecule has 0 N–H and O–H groups in total. The summed E-state index contributed by atoms with van der Waals surface area (Å²) in [7, 11) is 1.54. The van der Waals surface area contributed by atoms with Crippen molar-refractivity contribution in [1.29, 1.82) is 0 Å². The second-order valence-corrected chi connectivity index (χ2v) is 3.82. The molecule has 2 aromatic rings. The lowest BCUT2D eigenvalue weighted by Crippen LogP contribution is -2.26. The fourth-order valence-electron chi connectivity index (χ4n) is 1.90. The summed E-state index contributed by atoms with van der Waals surface area (Å²) < 4.78 is 0. The number of aliphatic imine (C=N–C) groups is 1. The van der Waals surface area contributed by atoms with Gasteiger partial charge < -0.3 is 10.1 Å². The molecule has 0 aliphatic carbocycles. The number of hydrogen-bond donors (Lipinski definition) is 0. The SMILES string of the molecule is CN=C([O-])C(c1ccccc1)c1ccccc1. The van der Waals surface area contributed by atoms with E-state index in [-0.39, 0.29) is 11.8 Å². The molecule has 0 unspecified atom stereocenters. The van der Waals surface area contributed by atoms with Crippen molar-refractivity contribution in [2.45, 2.75) is 5.92 Å². The number of rotatable bonds is 3. The summed E-state index contributed by atoms with van der Waals surface area (Å²) >= 11 is 0. The monoisotopic (exact) mass is 224 g/mol. The lowest BCUT2D eigenvalue weighted by Gasteiger charge is -2.23. The molecule has 0 bridgehead atoms. The van der Waals surface area contributed by atoms with E-state index >= 15 is 0 Å².